The van der Waals surface area contributed by atoms with E-state index >= 15 is 0 Å². The number of carboxylic acids is 1. The van der Waals surface area contributed by atoms with E-state index in [0.717, 1.165) is 23.1 Å². The summed E-state index contributed by atoms with van der Waals surface area (Å²) in [5.74, 6) is -1.17. The van der Waals surface area contributed by atoms with E-state index in [1.807, 2.05) is 0 Å². The number of halogens is 3. The summed E-state index contributed by atoms with van der Waals surface area (Å²) in [5, 5.41) is 8.90. The van der Waals surface area contributed by atoms with Gasteiger partial charge >= 0.3 is 18.2 Å². The number of aliphatic carboxylic acids is 1. The number of cyclic esters (lactones) is 1. The Morgan fingerprint density at radius 3 is 2.71 bits per heavy atom. The molecule has 1 aliphatic rings. The molecule has 1 aliphatic heterocycles. The van der Waals surface area contributed by atoms with E-state index in [-0.39, 0.29) is 12.3 Å². The van der Waals surface area contributed by atoms with Crippen molar-refractivity contribution in [2.24, 2.45) is 0 Å². The van der Waals surface area contributed by atoms with Gasteiger partial charge in [-0.1, -0.05) is 6.07 Å². The first-order valence-electron chi connectivity index (χ1n) is 5.99. The predicted octanol–water partition coefficient (Wildman–Crippen LogP) is 2.90. The Kier molecular flexibility index (Phi) is 3.56. The zero-order valence-corrected chi connectivity index (χ0v) is 11.0. The number of ether oxygens (including phenoxy) is 1. The minimum atomic E-state index is -4.55. The topological polar surface area (TPSA) is 66.8 Å². The second-order valence-corrected chi connectivity index (χ2v) is 5.01. The fourth-order valence-corrected chi connectivity index (χ4v) is 2.26. The van der Waals surface area contributed by atoms with E-state index in [1.165, 1.54) is 13.0 Å². The highest BCUT2D eigenvalue weighted by molar-refractivity contribution is 5.92. The second kappa shape index (κ2) is 4.94. The third kappa shape index (κ3) is 2.93. The summed E-state index contributed by atoms with van der Waals surface area (Å²) in [5.41, 5.74) is -2.19. The van der Waals surface area contributed by atoms with Crippen LogP contribution in [0.1, 0.15) is 18.9 Å². The Morgan fingerprint density at radius 1 is 1.48 bits per heavy atom. The fraction of sp³-hybridized carbons (Fsp3) is 0.385. The number of carbonyl (C=O) groups excluding carboxylic acids is 1. The van der Waals surface area contributed by atoms with Gasteiger partial charge < -0.3 is 9.84 Å². The van der Waals surface area contributed by atoms with Gasteiger partial charge in [0.25, 0.3) is 0 Å². The molecule has 0 aromatic heterocycles. The van der Waals surface area contributed by atoms with Gasteiger partial charge in [-0.25, -0.2) is 4.79 Å². The van der Waals surface area contributed by atoms with Crippen LogP contribution in [-0.4, -0.2) is 29.3 Å². The van der Waals surface area contributed by atoms with Crippen molar-refractivity contribution in [1.29, 1.82) is 0 Å². The third-order valence-electron chi connectivity index (χ3n) is 3.19. The molecule has 1 aromatic rings. The number of carbonyl (C=O) groups is 2. The van der Waals surface area contributed by atoms with Crippen LogP contribution >= 0.6 is 0 Å². The molecule has 0 radical (unpaired) electrons. The molecule has 1 heterocycles. The van der Waals surface area contributed by atoms with Crippen LogP contribution < -0.4 is 4.90 Å². The minimum Gasteiger partial charge on any atom is -0.481 e. The molecule has 1 amide bonds. The molecule has 1 unspecified atom stereocenters. The molecular formula is C13H12F3NO4. The van der Waals surface area contributed by atoms with Crippen LogP contribution in [0.2, 0.25) is 0 Å². The third-order valence-corrected chi connectivity index (χ3v) is 3.19. The molecule has 1 saturated heterocycles. The van der Waals surface area contributed by atoms with Crippen LogP contribution in [0.3, 0.4) is 0 Å². The molecule has 1 aromatic carbocycles. The number of amides is 1. The lowest BCUT2D eigenvalue weighted by molar-refractivity contribution is -0.139. The lowest BCUT2D eigenvalue weighted by Gasteiger charge is -2.30. The Labute approximate surface area is 117 Å². The van der Waals surface area contributed by atoms with Gasteiger partial charge in [0.05, 0.1) is 17.5 Å². The van der Waals surface area contributed by atoms with Crippen molar-refractivity contribution in [3.8, 4) is 0 Å². The van der Waals surface area contributed by atoms with Gasteiger partial charge in [-0.2, -0.15) is 13.2 Å². The van der Waals surface area contributed by atoms with Crippen molar-refractivity contribution < 1.29 is 32.6 Å². The quantitative estimate of drug-likeness (QED) is 0.932. The van der Waals surface area contributed by atoms with E-state index in [9.17, 15) is 22.8 Å². The van der Waals surface area contributed by atoms with Crippen LogP contribution in [0.4, 0.5) is 23.7 Å². The Bertz CT molecular complexity index is 587. The first-order chi connectivity index (χ1) is 9.63. The van der Waals surface area contributed by atoms with Crippen molar-refractivity contribution in [1.82, 2.24) is 0 Å². The predicted molar refractivity (Wildman–Crippen MR) is 65.9 cm³/mol. The highest BCUT2D eigenvalue weighted by atomic mass is 19.4. The Balaban J connectivity index is 2.43. The van der Waals surface area contributed by atoms with E-state index in [2.05, 4.69) is 0 Å². The molecule has 0 saturated carbocycles. The monoisotopic (exact) mass is 303 g/mol. The van der Waals surface area contributed by atoms with Crippen LogP contribution in [0, 0.1) is 0 Å². The summed E-state index contributed by atoms with van der Waals surface area (Å²) >= 11 is 0. The molecule has 1 N–H and O–H groups in total. The molecular weight excluding hydrogens is 291 g/mol. The summed E-state index contributed by atoms with van der Waals surface area (Å²) in [6.45, 7) is 1.25. The summed E-state index contributed by atoms with van der Waals surface area (Å²) in [7, 11) is 0. The van der Waals surface area contributed by atoms with E-state index in [0.29, 0.717) is 0 Å². The standard InChI is InChI=1S/C13H12F3NO4/c1-12(6-10(18)19)7-21-11(20)17(12)9-4-2-3-8(5-9)13(14,15)16/h2-5H,6-7H2,1H3,(H,18,19). The normalized spacial score (nSPS) is 22.3. The number of anilines is 1. The molecule has 1 atom stereocenters. The molecule has 0 aliphatic carbocycles. The number of hydrogen-bond donors (Lipinski definition) is 1. The van der Waals surface area contributed by atoms with E-state index in [4.69, 9.17) is 9.84 Å². The van der Waals surface area contributed by atoms with Gasteiger partial charge in [-0.05, 0) is 25.1 Å². The molecule has 114 valence electrons. The van der Waals surface area contributed by atoms with Crippen LogP contribution in [0.25, 0.3) is 0 Å². The molecule has 0 bridgehead atoms. The first kappa shape index (κ1) is 15.1. The van der Waals surface area contributed by atoms with Gasteiger partial charge in [-0.3, -0.25) is 9.69 Å². The maximum atomic E-state index is 12.7. The molecule has 0 spiro atoms. The first-order valence-corrected chi connectivity index (χ1v) is 5.99. The van der Waals surface area contributed by atoms with Crippen molar-refractivity contribution >= 4 is 17.7 Å². The average Bonchev–Trinajstić information content (AvgIpc) is 2.63. The molecule has 21 heavy (non-hydrogen) atoms. The Hall–Kier alpha value is -2.25. The average molecular weight is 303 g/mol. The number of alkyl halides is 3. The summed E-state index contributed by atoms with van der Waals surface area (Å²) in [4.78, 5) is 23.6. The van der Waals surface area contributed by atoms with E-state index < -0.39 is 35.8 Å². The molecule has 8 heteroatoms. The van der Waals surface area contributed by atoms with Crippen molar-refractivity contribution in [3.05, 3.63) is 29.8 Å². The van der Waals surface area contributed by atoms with Gasteiger partial charge in [0.2, 0.25) is 0 Å². The Morgan fingerprint density at radius 2 is 2.14 bits per heavy atom. The maximum Gasteiger partial charge on any atom is 0.416 e. The van der Waals surface area contributed by atoms with Crippen LogP contribution in [-0.2, 0) is 15.7 Å². The lowest BCUT2D eigenvalue weighted by atomic mass is 9.97. The minimum absolute atomic E-state index is 0.0453. The summed E-state index contributed by atoms with van der Waals surface area (Å²) in [6.07, 6.45) is -5.85. The number of benzene rings is 1. The number of carboxylic acid groups (broad SMARTS) is 1. The number of hydrogen-bond acceptors (Lipinski definition) is 3. The maximum absolute atomic E-state index is 12.7. The van der Waals surface area contributed by atoms with Crippen molar-refractivity contribution in [3.63, 3.8) is 0 Å². The number of rotatable bonds is 3. The van der Waals surface area contributed by atoms with E-state index in [1.54, 1.807) is 0 Å². The highest BCUT2D eigenvalue weighted by Crippen LogP contribution is 2.37. The molecule has 5 nitrogen and oxygen atoms in total. The second-order valence-electron chi connectivity index (χ2n) is 5.01. The summed E-state index contributed by atoms with van der Waals surface area (Å²) < 4.78 is 43.0. The van der Waals surface area contributed by atoms with Crippen LogP contribution in [0.15, 0.2) is 24.3 Å². The van der Waals surface area contributed by atoms with Gasteiger partial charge in [-0.15, -0.1) is 0 Å². The molecule has 1 fully saturated rings. The highest BCUT2D eigenvalue weighted by Gasteiger charge is 2.46. The zero-order valence-electron chi connectivity index (χ0n) is 11.0. The fourth-order valence-electron chi connectivity index (χ4n) is 2.26. The van der Waals surface area contributed by atoms with Gasteiger partial charge in [0.15, 0.2) is 0 Å². The number of nitrogens with zero attached hydrogens (tertiary/aromatic N) is 1. The van der Waals surface area contributed by atoms with Gasteiger partial charge in [0, 0.05) is 5.69 Å². The smallest absolute Gasteiger partial charge is 0.416 e. The zero-order chi connectivity index (χ0) is 15.8. The van der Waals surface area contributed by atoms with Crippen molar-refractivity contribution in [2.45, 2.75) is 25.1 Å². The lowest BCUT2D eigenvalue weighted by Crippen LogP contribution is -2.46. The van der Waals surface area contributed by atoms with Gasteiger partial charge in [0.1, 0.15) is 6.61 Å². The molecule has 2 rings (SSSR count). The van der Waals surface area contributed by atoms with Crippen molar-refractivity contribution in [2.75, 3.05) is 11.5 Å². The summed E-state index contributed by atoms with van der Waals surface area (Å²) in [6, 6.07) is 4.14. The van der Waals surface area contributed by atoms with Crippen LogP contribution in [0.5, 0.6) is 0 Å². The SMILES string of the molecule is CC1(CC(=O)O)COC(=O)N1c1cccc(C(F)(F)F)c1. The largest absolute Gasteiger partial charge is 0.481 e.